The average Bonchev–Trinajstić information content (AvgIpc) is 2.82. The summed E-state index contributed by atoms with van der Waals surface area (Å²) in [7, 11) is -3.50. The molecule has 7 nitrogen and oxygen atoms in total. The molecule has 0 spiro atoms. The zero-order valence-corrected chi connectivity index (χ0v) is 22.3. The summed E-state index contributed by atoms with van der Waals surface area (Å²) in [6.45, 7) is 4.93. The van der Waals surface area contributed by atoms with E-state index < -0.39 is 16.1 Å². The fourth-order valence-corrected chi connectivity index (χ4v) is 4.90. The van der Waals surface area contributed by atoms with Gasteiger partial charge in [0.05, 0.1) is 11.9 Å². The van der Waals surface area contributed by atoms with Crippen LogP contribution in [0.1, 0.15) is 51.5 Å². The van der Waals surface area contributed by atoms with Crippen LogP contribution >= 0.6 is 11.6 Å². The summed E-state index contributed by atoms with van der Waals surface area (Å²) in [6, 6.07) is 15.4. The molecule has 192 valence electrons. The number of carbonyl (C=O) groups is 2. The summed E-state index contributed by atoms with van der Waals surface area (Å²) in [5.74, 6) is -0.371. The van der Waals surface area contributed by atoms with Crippen molar-refractivity contribution in [1.29, 1.82) is 0 Å². The first-order valence-corrected chi connectivity index (χ1v) is 14.2. The van der Waals surface area contributed by atoms with Crippen molar-refractivity contribution in [2.24, 2.45) is 0 Å². The van der Waals surface area contributed by atoms with Crippen molar-refractivity contribution in [1.82, 2.24) is 10.2 Å². The van der Waals surface area contributed by atoms with Gasteiger partial charge in [-0.2, -0.15) is 0 Å². The third-order valence-corrected chi connectivity index (χ3v) is 7.12. The van der Waals surface area contributed by atoms with Crippen LogP contribution in [-0.4, -0.2) is 50.5 Å². The highest BCUT2D eigenvalue weighted by Crippen LogP contribution is 2.20. The second kappa shape index (κ2) is 14.1. The number of para-hydroxylation sites is 1. The van der Waals surface area contributed by atoms with Crippen LogP contribution in [0.4, 0.5) is 5.69 Å². The molecule has 35 heavy (non-hydrogen) atoms. The van der Waals surface area contributed by atoms with Crippen molar-refractivity contribution in [3.8, 4) is 0 Å². The Morgan fingerprint density at radius 1 is 1.00 bits per heavy atom. The number of benzene rings is 2. The lowest BCUT2D eigenvalue weighted by Gasteiger charge is -2.31. The van der Waals surface area contributed by atoms with Crippen LogP contribution in [0, 0.1) is 0 Å². The van der Waals surface area contributed by atoms with Gasteiger partial charge >= 0.3 is 0 Å². The average molecular weight is 522 g/mol. The van der Waals surface area contributed by atoms with Gasteiger partial charge in [-0.25, -0.2) is 8.42 Å². The van der Waals surface area contributed by atoms with Crippen LogP contribution in [0.5, 0.6) is 0 Å². The van der Waals surface area contributed by atoms with Gasteiger partial charge < -0.3 is 10.2 Å². The molecule has 0 saturated carbocycles. The molecule has 0 saturated heterocycles. The molecule has 2 aromatic carbocycles. The van der Waals surface area contributed by atoms with Gasteiger partial charge in [-0.1, -0.05) is 62.2 Å². The molecule has 1 N–H and O–H groups in total. The van der Waals surface area contributed by atoms with E-state index in [9.17, 15) is 18.0 Å². The molecule has 0 aromatic heterocycles. The van der Waals surface area contributed by atoms with E-state index in [1.807, 2.05) is 25.1 Å². The number of hydrogen-bond acceptors (Lipinski definition) is 4. The lowest BCUT2D eigenvalue weighted by atomic mass is 10.1. The van der Waals surface area contributed by atoms with Crippen molar-refractivity contribution < 1.29 is 18.0 Å². The second-order valence-electron chi connectivity index (χ2n) is 8.49. The Hall–Kier alpha value is -2.58. The smallest absolute Gasteiger partial charge is 0.242 e. The number of nitrogens with one attached hydrogen (secondary N) is 1. The monoisotopic (exact) mass is 521 g/mol. The standard InChI is InChI=1S/C26H36ClN3O4S/c1-4-6-18-28-26(32)24(5-2)29(20-21-14-16-22(27)17-15-21)25(31)13-10-19-30(35(3,33)34)23-11-8-7-9-12-23/h7-9,11-12,14-17,24H,4-6,10,13,18-20H2,1-3H3,(H,28,32)/t24-/m0/s1. The highest BCUT2D eigenvalue weighted by Gasteiger charge is 2.28. The number of halogens is 1. The van der Waals surface area contributed by atoms with Crippen LogP contribution in [0.2, 0.25) is 5.02 Å². The number of carbonyl (C=O) groups excluding carboxylic acids is 2. The molecule has 2 aromatic rings. The van der Waals surface area contributed by atoms with E-state index in [1.54, 1.807) is 41.3 Å². The summed E-state index contributed by atoms with van der Waals surface area (Å²) >= 11 is 6.01. The maximum absolute atomic E-state index is 13.4. The van der Waals surface area contributed by atoms with Crippen molar-refractivity contribution in [2.45, 2.75) is 58.5 Å². The molecule has 0 bridgehead atoms. The SMILES string of the molecule is CCCCNC(=O)[C@H](CC)N(Cc1ccc(Cl)cc1)C(=O)CCCN(c1ccccc1)S(C)(=O)=O. The van der Waals surface area contributed by atoms with Gasteiger partial charge in [0.1, 0.15) is 6.04 Å². The van der Waals surface area contributed by atoms with E-state index in [2.05, 4.69) is 12.2 Å². The van der Waals surface area contributed by atoms with Crippen molar-refractivity contribution >= 4 is 39.1 Å². The predicted octanol–water partition coefficient (Wildman–Crippen LogP) is 4.61. The maximum Gasteiger partial charge on any atom is 0.242 e. The van der Waals surface area contributed by atoms with Crippen LogP contribution in [0.25, 0.3) is 0 Å². The lowest BCUT2D eigenvalue weighted by molar-refractivity contribution is -0.141. The minimum Gasteiger partial charge on any atom is -0.354 e. The molecule has 0 fully saturated rings. The largest absolute Gasteiger partial charge is 0.354 e. The summed E-state index contributed by atoms with van der Waals surface area (Å²) in [5.41, 5.74) is 1.42. The van der Waals surface area contributed by atoms with Crippen molar-refractivity contribution in [3.05, 3.63) is 65.2 Å². The normalized spacial score (nSPS) is 12.1. The molecule has 0 aliphatic rings. The van der Waals surface area contributed by atoms with Crippen molar-refractivity contribution in [2.75, 3.05) is 23.7 Å². The molecule has 9 heteroatoms. The molecule has 0 radical (unpaired) electrons. The Bertz CT molecular complexity index is 1050. The zero-order chi connectivity index (χ0) is 25.8. The highest BCUT2D eigenvalue weighted by atomic mass is 35.5. The first-order chi connectivity index (χ1) is 16.7. The molecule has 0 aliphatic carbocycles. The third kappa shape index (κ3) is 9.18. The number of hydrogen-bond donors (Lipinski definition) is 1. The van der Waals surface area contributed by atoms with Crippen LogP contribution in [0.3, 0.4) is 0 Å². The Labute approximate surface area is 214 Å². The van der Waals surface area contributed by atoms with Gasteiger partial charge in [-0.05, 0) is 49.1 Å². The summed E-state index contributed by atoms with van der Waals surface area (Å²) < 4.78 is 26.0. The molecular formula is C26H36ClN3O4S. The first-order valence-electron chi connectivity index (χ1n) is 12.0. The summed E-state index contributed by atoms with van der Waals surface area (Å²) in [6.07, 6.45) is 3.90. The Morgan fingerprint density at radius 2 is 1.66 bits per heavy atom. The van der Waals surface area contributed by atoms with E-state index in [1.165, 1.54) is 4.31 Å². The van der Waals surface area contributed by atoms with Gasteiger partial charge in [-0.3, -0.25) is 13.9 Å². The van der Waals surface area contributed by atoms with Gasteiger partial charge in [0, 0.05) is 31.1 Å². The molecule has 1 atom stereocenters. The molecule has 2 rings (SSSR count). The molecule has 0 heterocycles. The molecule has 0 aliphatic heterocycles. The van der Waals surface area contributed by atoms with Crippen LogP contribution in [-0.2, 0) is 26.2 Å². The minimum absolute atomic E-state index is 0.116. The number of nitrogens with zero attached hydrogens (tertiary/aromatic N) is 2. The summed E-state index contributed by atoms with van der Waals surface area (Å²) in [4.78, 5) is 27.9. The molecular weight excluding hydrogens is 486 g/mol. The van der Waals surface area contributed by atoms with Gasteiger partial charge in [0.25, 0.3) is 0 Å². The molecule has 2 amide bonds. The number of rotatable bonds is 14. The number of anilines is 1. The first kappa shape index (κ1) is 28.7. The number of sulfonamides is 1. The fourth-order valence-electron chi connectivity index (χ4n) is 3.81. The Kier molecular flexibility index (Phi) is 11.5. The number of unbranched alkanes of at least 4 members (excludes halogenated alkanes) is 1. The predicted molar refractivity (Wildman–Crippen MR) is 142 cm³/mol. The van der Waals surface area contributed by atoms with E-state index in [0.29, 0.717) is 30.1 Å². The third-order valence-electron chi connectivity index (χ3n) is 5.68. The fraction of sp³-hybridized carbons (Fsp3) is 0.462. The number of amides is 2. The maximum atomic E-state index is 13.4. The second-order valence-corrected chi connectivity index (χ2v) is 10.8. The van der Waals surface area contributed by atoms with Gasteiger partial charge in [0.2, 0.25) is 21.8 Å². The van der Waals surface area contributed by atoms with Gasteiger partial charge in [0.15, 0.2) is 0 Å². The van der Waals surface area contributed by atoms with Gasteiger partial charge in [-0.15, -0.1) is 0 Å². The zero-order valence-electron chi connectivity index (χ0n) is 20.7. The summed E-state index contributed by atoms with van der Waals surface area (Å²) in [5, 5.41) is 3.53. The van der Waals surface area contributed by atoms with Crippen LogP contribution in [0.15, 0.2) is 54.6 Å². The Balaban J connectivity index is 2.16. The van der Waals surface area contributed by atoms with E-state index in [-0.39, 0.29) is 31.3 Å². The van der Waals surface area contributed by atoms with E-state index >= 15 is 0 Å². The Morgan fingerprint density at radius 3 is 2.23 bits per heavy atom. The molecule has 0 unspecified atom stereocenters. The van der Waals surface area contributed by atoms with Crippen molar-refractivity contribution in [3.63, 3.8) is 0 Å². The highest BCUT2D eigenvalue weighted by molar-refractivity contribution is 7.92. The van der Waals surface area contributed by atoms with Crippen LogP contribution < -0.4 is 9.62 Å². The topological polar surface area (TPSA) is 86.8 Å². The quantitative estimate of drug-likeness (QED) is 0.368. The minimum atomic E-state index is -3.50. The van der Waals surface area contributed by atoms with E-state index in [4.69, 9.17) is 11.6 Å². The van der Waals surface area contributed by atoms with E-state index in [0.717, 1.165) is 24.7 Å². The lowest BCUT2D eigenvalue weighted by Crippen LogP contribution is -2.49.